The van der Waals surface area contributed by atoms with Gasteiger partial charge in [0.25, 0.3) is 0 Å². The summed E-state index contributed by atoms with van der Waals surface area (Å²) in [6.07, 6.45) is -0.506. The molecule has 4 nitrogen and oxygen atoms in total. The summed E-state index contributed by atoms with van der Waals surface area (Å²) in [6.45, 7) is 2.06. The Morgan fingerprint density at radius 3 is 2.93 bits per heavy atom. The Kier molecular flexibility index (Phi) is 3.59. The van der Waals surface area contributed by atoms with Crippen LogP contribution in [-0.2, 0) is 4.74 Å². The number of hydrogen-bond acceptors (Lipinski definition) is 3. The summed E-state index contributed by atoms with van der Waals surface area (Å²) in [7, 11) is 0. The van der Waals surface area contributed by atoms with Crippen LogP contribution in [0.25, 0.3) is 0 Å². The third-order valence-corrected chi connectivity index (χ3v) is 1.85. The molecule has 0 aliphatic rings. The van der Waals surface area contributed by atoms with E-state index in [1.165, 1.54) is 0 Å². The Bertz CT molecular complexity index is 342. The first-order chi connectivity index (χ1) is 6.63. The third kappa shape index (κ3) is 2.81. The lowest BCUT2D eigenvalue weighted by Crippen LogP contribution is -2.13. The van der Waals surface area contributed by atoms with Crippen LogP contribution in [0.5, 0.6) is 0 Å². The van der Waals surface area contributed by atoms with Crippen molar-refractivity contribution in [2.24, 2.45) is 0 Å². The van der Waals surface area contributed by atoms with Crippen molar-refractivity contribution in [3.63, 3.8) is 0 Å². The number of nitrogens with two attached hydrogens (primary N) is 1. The average Bonchev–Trinajstić information content (AvgIpc) is 2.12. The lowest BCUT2D eigenvalue weighted by atomic mass is 10.3. The number of amides is 1. The van der Waals surface area contributed by atoms with Gasteiger partial charge in [-0.3, -0.25) is 5.32 Å². The summed E-state index contributed by atoms with van der Waals surface area (Å²) in [6, 6.07) is 4.83. The summed E-state index contributed by atoms with van der Waals surface area (Å²) in [5.74, 6) is 0. The van der Waals surface area contributed by atoms with Gasteiger partial charge in [0.05, 0.1) is 17.3 Å². The van der Waals surface area contributed by atoms with E-state index in [4.69, 9.17) is 22.1 Å². The molecular formula is C9H11ClN2O2. The van der Waals surface area contributed by atoms with E-state index in [-0.39, 0.29) is 0 Å². The normalized spacial score (nSPS) is 9.57. The highest BCUT2D eigenvalue weighted by molar-refractivity contribution is 6.33. The summed E-state index contributed by atoms with van der Waals surface area (Å²) in [5.41, 5.74) is 6.53. The highest BCUT2D eigenvalue weighted by Crippen LogP contribution is 2.22. The van der Waals surface area contributed by atoms with Gasteiger partial charge in [-0.1, -0.05) is 11.6 Å². The highest BCUT2D eigenvalue weighted by atomic mass is 35.5. The first-order valence-electron chi connectivity index (χ1n) is 4.12. The van der Waals surface area contributed by atoms with E-state index < -0.39 is 6.09 Å². The number of benzene rings is 1. The molecule has 1 amide bonds. The number of anilines is 2. The Labute approximate surface area is 87.0 Å². The largest absolute Gasteiger partial charge is 0.450 e. The number of halogens is 1. The van der Waals surface area contributed by atoms with E-state index in [9.17, 15) is 4.79 Å². The maximum atomic E-state index is 11.0. The number of carbonyl (C=O) groups excluding carboxylic acids is 1. The standard InChI is InChI=1S/C9H11ClN2O2/c1-2-14-9(13)12-6-3-4-8(11)7(10)5-6/h3-5H,2,11H2,1H3,(H,12,13). The maximum absolute atomic E-state index is 11.0. The molecule has 1 aromatic carbocycles. The minimum absolute atomic E-state index is 0.328. The molecule has 0 fully saturated rings. The molecular weight excluding hydrogens is 204 g/mol. The summed E-state index contributed by atoms with van der Waals surface area (Å²) in [5, 5.41) is 2.91. The van der Waals surface area contributed by atoms with Gasteiger partial charge in [-0.2, -0.15) is 0 Å². The van der Waals surface area contributed by atoms with Gasteiger partial charge in [-0.25, -0.2) is 4.79 Å². The number of ether oxygens (including phenoxy) is 1. The predicted octanol–water partition coefficient (Wildman–Crippen LogP) is 2.49. The van der Waals surface area contributed by atoms with E-state index in [0.717, 1.165) is 0 Å². The van der Waals surface area contributed by atoms with Crippen LogP contribution in [0.2, 0.25) is 5.02 Å². The van der Waals surface area contributed by atoms with Gasteiger partial charge in [0.1, 0.15) is 0 Å². The highest BCUT2D eigenvalue weighted by Gasteiger charge is 2.03. The molecule has 3 N–H and O–H groups in total. The first-order valence-corrected chi connectivity index (χ1v) is 4.50. The van der Waals surface area contributed by atoms with Crippen LogP contribution in [0.1, 0.15) is 6.92 Å². The molecule has 1 aromatic rings. The van der Waals surface area contributed by atoms with Crippen LogP contribution in [0.4, 0.5) is 16.2 Å². The molecule has 0 heterocycles. The quantitative estimate of drug-likeness (QED) is 0.744. The molecule has 5 heteroatoms. The molecule has 0 aliphatic carbocycles. The van der Waals surface area contributed by atoms with Crippen molar-refractivity contribution in [3.05, 3.63) is 23.2 Å². The second-order valence-electron chi connectivity index (χ2n) is 2.58. The lowest BCUT2D eigenvalue weighted by molar-refractivity contribution is 0.168. The van der Waals surface area contributed by atoms with Crippen LogP contribution in [-0.4, -0.2) is 12.7 Å². The number of rotatable bonds is 2. The van der Waals surface area contributed by atoms with Crippen molar-refractivity contribution in [2.75, 3.05) is 17.7 Å². The van der Waals surface area contributed by atoms with Crippen LogP contribution >= 0.6 is 11.6 Å². The second kappa shape index (κ2) is 4.72. The first kappa shape index (κ1) is 10.7. The van der Waals surface area contributed by atoms with Gasteiger partial charge in [-0.15, -0.1) is 0 Å². The summed E-state index contributed by atoms with van der Waals surface area (Å²) < 4.78 is 4.69. The van der Waals surface area contributed by atoms with Gasteiger partial charge in [0.15, 0.2) is 0 Å². The fourth-order valence-electron chi connectivity index (χ4n) is 0.890. The molecule has 0 spiro atoms. The topological polar surface area (TPSA) is 64.3 Å². The molecule has 0 aromatic heterocycles. The maximum Gasteiger partial charge on any atom is 0.411 e. The van der Waals surface area contributed by atoms with Crippen LogP contribution < -0.4 is 11.1 Å². The van der Waals surface area contributed by atoms with Crippen LogP contribution in [0.15, 0.2) is 18.2 Å². The Morgan fingerprint density at radius 1 is 1.64 bits per heavy atom. The van der Waals surface area contributed by atoms with Crippen molar-refractivity contribution in [1.29, 1.82) is 0 Å². The minimum atomic E-state index is -0.506. The molecule has 0 aliphatic heterocycles. The molecule has 0 radical (unpaired) electrons. The van der Waals surface area contributed by atoms with E-state index in [1.807, 2.05) is 0 Å². The van der Waals surface area contributed by atoms with Crippen molar-refractivity contribution in [3.8, 4) is 0 Å². The fourth-order valence-corrected chi connectivity index (χ4v) is 1.07. The molecule has 0 saturated heterocycles. The zero-order valence-corrected chi connectivity index (χ0v) is 8.47. The SMILES string of the molecule is CCOC(=O)Nc1ccc(N)c(Cl)c1. The van der Waals surface area contributed by atoms with Crippen molar-refractivity contribution >= 4 is 29.1 Å². The zero-order chi connectivity index (χ0) is 10.6. The zero-order valence-electron chi connectivity index (χ0n) is 7.71. The van der Waals surface area contributed by atoms with Crippen molar-refractivity contribution < 1.29 is 9.53 Å². The number of nitrogens with one attached hydrogen (secondary N) is 1. The van der Waals surface area contributed by atoms with Gasteiger partial charge < -0.3 is 10.5 Å². The molecule has 0 bridgehead atoms. The Morgan fingerprint density at radius 2 is 2.36 bits per heavy atom. The molecule has 76 valence electrons. The fraction of sp³-hybridized carbons (Fsp3) is 0.222. The predicted molar refractivity (Wildman–Crippen MR) is 56.5 cm³/mol. The molecule has 14 heavy (non-hydrogen) atoms. The van der Waals surface area contributed by atoms with Crippen LogP contribution in [0.3, 0.4) is 0 Å². The van der Waals surface area contributed by atoms with E-state index in [1.54, 1.807) is 25.1 Å². The average molecular weight is 215 g/mol. The molecule has 0 saturated carbocycles. The summed E-state index contributed by atoms with van der Waals surface area (Å²) in [4.78, 5) is 11.0. The van der Waals surface area contributed by atoms with Crippen molar-refractivity contribution in [1.82, 2.24) is 0 Å². The van der Waals surface area contributed by atoms with Crippen molar-refractivity contribution in [2.45, 2.75) is 6.92 Å². The smallest absolute Gasteiger partial charge is 0.411 e. The Hall–Kier alpha value is -1.42. The molecule has 1 rings (SSSR count). The Balaban J connectivity index is 2.68. The molecule has 0 unspecified atom stereocenters. The number of hydrogen-bond donors (Lipinski definition) is 2. The monoisotopic (exact) mass is 214 g/mol. The van der Waals surface area contributed by atoms with E-state index >= 15 is 0 Å². The van der Waals surface area contributed by atoms with E-state index in [2.05, 4.69) is 5.32 Å². The summed E-state index contributed by atoms with van der Waals surface area (Å²) >= 11 is 5.76. The van der Waals surface area contributed by atoms with Gasteiger partial charge in [0, 0.05) is 5.69 Å². The third-order valence-electron chi connectivity index (χ3n) is 1.52. The minimum Gasteiger partial charge on any atom is -0.450 e. The van der Waals surface area contributed by atoms with E-state index in [0.29, 0.717) is 23.0 Å². The van der Waals surface area contributed by atoms with Gasteiger partial charge in [-0.05, 0) is 25.1 Å². The van der Waals surface area contributed by atoms with Crippen LogP contribution in [0, 0.1) is 0 Å². The number of carbonyl (C=O) groups is 1. The van der Waals surface area contributed by atoms with Gasteiger partial charge >= 0.3 is 6.09 Å². The lowest BCUT2D eigenvalue weighted by Gasteiger charge is -2.06. The second-order valence-corrected chi connectivity index (χ2v) is 2.99. The van der Waals surface area contributed by atoms with Gasteiger partial charge in [0.2, 0.25) is 0 Å². The number of nitrogen functional groups attached to an aromatic ring is 1. The molecule has 0 atom stereocenters.